The maximum atomic E-state index is 9.82. The van der Waals surface area contributed by atoms with Crippen LogP contribution in [0.15, 0.2) is 48.5 Å². The maximum Gasteiger partial charge on any atom is 0.118 e. The second-order valence-corrected chi connectivity index (χ2v) is 5.56. The van der Waals surface area contributed by atoms with Crippen LogP contribution < -0.4 is 0 Å². The molecule has 2 rings (SSSR count). The van der Waals surface area contributed by atoms with Crippen molar-refractivity contribution in [3.05, 3.63) is 65.2 Å². The van der Waals surface area contributed by atoms with Gasteiger partial charge in [0.25, 0.3) is 0 Å². The molecular weight excluding hydrogens is 232 g/mol. The first kappa shape index (κ1) is 13.7. The van der Waals surface area contributed by atoms with E-state index in [1.165, 1.54) is 11.1 Å². The van der Waals surface area contributed by atoms with Gasteiger partial charge in [0.15, 0.2) is 0 Å². The van der Waals surface area contributed by atoms with Crippen molar-refractivity contribution in [3.8, 4) is 5.75 Å². The van der Waals surface area contributed by atoms with Crippen LogP contribution in [0.2, 0.25) is 0 Å². The monoisotopic (exact) mass is 254 g/mol. The smallest absolute Gasteiger partial charge is 0.118 e. The van der Waals surface area contributed by atoms with Crippen molar-refractivity contribution in [2.24, 2.45) is 0 Å². The lowest BCUT2D eigenvalue weighted by atomic mass is 9.91. The van der Waals surface area contributed by atoms with Gasteiger partial charge in [-0.05, 0) is 41.0 Å². The zero-order chi connectivity index (χ0) is 13.8. The predicted octanol–water partition coefficient (Wildman–Crippen LogP) is 4.86. The molecule has 0 aliphatic rings. The van der Waals surface area contributed by atoms with E-state index in [0.29, 0.717) is 17.6 Å². The molecule has 0 heterocycles. The van der Waals surface area contributed by atoms with Gasteiger partial charge in [0.05, 0.1) is 0 Å². The van der Waals surface area contributed by atoms with Gasteiger partial charge in [0.2, 0.25) is 0 Å². The summed E-state index contributed by atoms with van der Waals surface area (Å²) in [5.41, 5.74) is 3.72. The van der Waals surface area contributed by atoms with E-state index >= 15 is 0 Å². The van der Waals surface area contributed by atoms with Crippen molar-refractivity contribution < 1.29 is 5.11 Å². The van der Waals surface area contributed by atoms with Gasteiger partial charge in [-0.1, -0.05) is 63.2 Å². The van der Waals surface area contributed by atoms with Gasteiger partial charge in [-0.3, -0.25) is 0 Å². The number of hydrogen-bond donors (Lipinski definition) is 1. The minimum absolute atomic E-state index is 0.396. The van der Waals surface area contributed by atoms with Crippen LogP contribution in [0.3, 0.4) is 0 Å². The highest BCUT2D eigenvalue weighted by Gasteiger charge is 2.09. The fourth-order valence-electron chi connectivity index (χ4n) is 2.34. The van der Waals surface area contributed by atoms with Gasteiger partial charge >= 0.3 is 0 Å². The predicted molar refractivity (Wildman–Crippen MR) is 80.8 cm³/mol. The third-order valence-corrected chi connectivity index (χ3v) is 3.69. The molecule has 0 fully saturated rings. The second kappa shape index (κ2) is 5.92. The Hall–Kier alpha value is -1.76. The summed E-state index contributed by atoms with van der Waals surface area (Å²) in [5, 5.41) is 9.82. The summed E-state index contributed by atoms with van der Waals surface area (Å²) < 4.78 is 0. The Morgan fingerprint density at radius 2 is 1.42 bits per heavy atom. The first-order chi connectivity index (χ1) is 9.08. The van der Waals surface area contributed by atoms with Crippen molar-refractivity contribution in [2.45, 2.75) is 39.0 Å². The molecule has 0 aromatic heterocycles. The van der Waals surface area contributed by atoms with E-state index in [1.54, 1.807) is 6.07 Å². The Morgan fingerprint density at radius 3 is 2.00 bits per heavy atom. The van der Waals surface area contributed by atoms with Crippen LogP contribution in [0.4, 0.5) is 0 Å². The average Bonchev–Trinajstić information content (AvgIpc) is 2.41. The Labute approximate surface area is 115 Å². The SMILES string of the molecule is CC(C)c1ccc(C(C)Cc2ccccc2O)cc1. The zero-order valence-corrected chi connectivity index (χ0v) is 11.9. The van der Waals surface area contributed by atoms with Gasteiger partial charge in [0, 0.05) is 0 Å². The van der Waals surface area contributed by atoms with E-state index in [9.17, 15) is 5.11 Å². The molecule has 100 valence electrons. The van der Waals surface area contributed by atoms with Crippen molar-refractivity contribution in [3.63, 3.8) is 0 Å². The minimum atomic E-state index is 0.396. The van der Waals surface area contributed by atoms with Crippen molar-refractivity contribution >= 4 is 0 Å². The fraction of sp³-hybridized carbons (Fsp3) is 0.333. The zero-order valence-electron chi connectivity index (χ0n) is 11.9. The molecule has 0 saturated carbocycles. The number of phenols is 1. The third kappa shape index (κ3) is 3.37. The fourth-order valence-corrected chi connectivity index (χ4v) is 2.34. The molecule has 0 amide bonds. The van der Waals surface area contributed by atoms with Crippen LogP contribution in [0.5, 0.6) is 5.75 Å². The molecule has 0 bridgehead atoms. The summed E-state index contributed by atoms with van der Waals surface area (Å²) in [4.78, 5) is 0. The third-order valence-electron chi connectivity index (χ3n) is 3.69. The number of rotatable bonds is 4. The number of benzene rings is 2. The van der Waals surface area contributed by atoms with Crippen molar-refractivity contribution in [1.82, 2.24) is 0 Å². The highest BCUT2D eigenvalue weighted by atomic mass is 16.3. The van der Waals surface area contributed by atoms with E-state index in [4.69, 9.17) is 0 Å². The molecule has 1 nitrogen and oxygen atoms in total. The summed E-state index contributed by atoms with van der Waals surface area (Å²) in [6.07, 6.45) is 0.869. The van der Waals surface area contributed by atoms with Gasteiger partial charge < -0.3 is 5.11 Å². The van der Waals surface area contributed by atoms with Crippen LogP contribution in [0.1, 0.15) is 49.3 Å². The summed E-state index contributed by atoms with van der Waals surface area (Å²) in [6, 6.07) is 16.4. The number of phenolic OH excluding ortho intramolecular Hbond substituents is 1. The highest BCUT2D eigenvalue weighted by molar-refractivity contribution is 5.34. The maximum absolute atomic E-state index is 9.82. The Bertz CT molecular complexity index is 526. The van der Waals surface area contributed by atoms with E-state index < -0.39 is 0 Å². The molecule has 1 heteroatoms. The first-order valence-corrected chi connectivity index (χ1v) is 6.94. The van der Waals surface area contributed by atoms with Crippen LogP contribution >= 0.6 is 0 Å². The lowest BCUT2D eigenvalue weighted by Crippen LogP contribution is -1.99. The molecule has 0 saturated heterocycles. The van der Waals surface area contributed by atoms with Crippen molar-refractivity contribution in [2.75, 3.05) is 0 Å². The Balaban J connectivity index is 2.12. The van der Waals surface area contributed by atoms with Gasteiger partial charge in [0.1, 0.15) is 5.75 Å². The molecule has 1 N–H and O–H groups in total. The molecule has 0 spiro atoms. The van der Waals surface area contributed by atoms with Crippen molar-refractivity contribution in [1.29, 1.82) is 0 Å². The largest absolute Gasteiger partial charge is 0.508 e. The summed E-state index contributed by atoms with van der Waals surface area (Å²) in [7, 11) is 0. The van der Waals surface area contributed by atoms with Gasteiger partial charge in [-0.15, -0.1) is 0 Å². The van der Waals surface area contributed by atoms with E-state index in [0.717, 1.165) is 12.0 Å². The summed E-state index contributed by atoms with van der Waals surface area (Å²) >= 11 is 0. The molecule has 19 heavy (non-hydrogen) atoms. The first-order valence-electron chi connectivity index (χ1n) is 6.94. The van der Waals surface area contributed by atoms with Crippen LogP contribution in [0.25, 0.3) is 0 Å². The average molecular weight is 254 g/mol. The summed E-state index contributed by atoms with van der Waals surface area (Å²) in [5.74, 6) is 1.38. The normalized spacial score (nSPS) is 12.6. The number of hydrogen-bond acceptors (Lipinski definition) is 1. The molecule has 2 aromatic carbocycles. The van der Waals surface area contributed by atoms with E-state index in [2.05, 4.69) is 45.0 Å². The standard InChI is InChI=1S/C18H22O/c1-13(2)15-8-10-16(11-9-15)14(3)12-17-6-4-5-7-18(17)19/h4-11,13-14,19H,12H2,1-3H3. The number of aromatic hydroxyl groups is 1. The lowest BCUT2D eigenvalue weighted by Gasteiger charge is -2.14. The lowest BCUT2D eigenvalue weighted by molar-refractivity contribution is 0.466. The minimum Gasteiger partial charge on any atom is -0.508 e. The summed E-state index contributed by atoms with van der Waals surface area (Å²) in [6.45, 7) is 6.62. The molecule has 2 aromatic rings. The molecule has 1 unspecified atom stereocenters. The molecule has 0 radical (unpaired) electrons. The highest BCUT2D eigenvalue weighted by Crippen LogP contribution is 2.26. The van der Waals surface area contributed by atoms with Crippen LogP contribution in [0, 0.1) is 0 Å². The van der Waals surface area contributed by atoms with Crippen LogP contribution in [-0.4, -0.2) is 5.11 Å². The Kier molecular flexibility index (Phi) is 4.26. The topological polar surface area (TPSA) is 20.2 Å². The van der Waals surface area contributed by atoms with Gasteiger partial charge in [-0.25, -0.2) is 0 Å². The van der Waals surface area contributed by atoms with Crippen LogP contribution in [-0.2, 0) is 6.42 Å². The number of para-hydroxylation sites is 1. The molecule has 1 atom stereocenters. The second-order valence-electron chi connectivity index (χ2n) is 5.56. The van der Waals surface area contributed by atoms with Gasteiger partial charge in [-0.2, -0.15) is 0 Å². The molecular formula is C18H22O. The molecule has 0 aliphatic heterocycles. The van der Waals surface area contributed by atoms with E-state index in [-0.39, 0.29) is 0 Å². The quantitative estimate of drug-likeness (QED) is 0.826. The van der Waals surface area contributed by atoms with E-state index in [1.807, 2.05) is 18.2 Å². The molecule has 0 aliphatic carbocycles. The Morgan fingerprint density at radius 1 is 0.842 bits per heavy atom.